The van der Waals surface area contributed by atoms with Gasteiger partial charge in [-0.2, -0.15) is 0 Å². The minimum absolute atomic E-state index is 0.486. The van der Waals surface area contributed by atoms with Crippen LogP contribution in [0.15, 0.2) is 36.9 Å². The summed E-state index contributed by atoms with van der Waals surface area (Å²) in [6.07, 6.45) is 1.43. The Morgan fingerprint density at radius 3 is 3.00 bits per heavy atom. The molecule has 0 heterocycles. The second kappa shape index (κ2) is 5.38. The third-order valence-electron chi connectivity index (χ3n) is 1.56. The first-order chi connectivity index (χ1) is 6.77. The molecule has 0 N–H and O–H groups in total. The minimum Gasteiger partial charge on any atom is -0.489 e. The molecular formula is C11H14O2. The molecule has 1 rings (SSSR count). The molecule has 0 aliphatic rings. The van der Waals surface area contributed by atoms with Gasteiger partial charge in [-0.25, -0.2) is 0 Å². The lowest BCUT2D eigenvalue weighted by molar-refractivity contribution is 0.181. The van der Waals surface area contributed by atoms with Crippen LogP contribution in [0.2, 0.25) is 0 Å². The molecule has 0 aliphatic heterocycles. The van der Waals surface area contributed by atoms with Crippen molar-refractivity contribution in [3.63, 3.8) is 0 Å². The van der Waals surface area contributed by atoms with E-state index in [1.54, 1.807) is 7.11 Å². The zero-order valence-electron chi connectivity index (χ0n) is 8.69. The van der Waals surface area contributed by atoms with Crippen molar-refractivity contribution in [1.29, 1.82) is 0 Å². The molecule has 1 aromatic carbocycles. The number of ether oxygens (including phenoxy) is 2. The first-order valence-corrected chi connectivity index (χ1v) is 4.06. The monoisotopic (exact) mass is 179 g/mol. The first kappa shape index (κ1) is 8.32. The van der Waals surface area contributed by atoms with Gasteiger partial charge in [0.15, 0.2) is 0 Å². The van der Waals surface area contributed by atoms with Gasteiger partial charge in [-0.3, -0.25) is 0 Å². The fraction of sp³-hybridized carbons (Fsp3) is 0.273. The molecule has 13 heavy (non-hydrogen) atoms. The second-order valence-electron chi connectivity index (χ2n) is 2.53. The Morgan fingerprint density at radius 1 is 1.54 bits per heavy atom. The summed E-state index contributed by atoms with van der Waals surface area (Å²) in [5, 5.41) is 0. The van der Waals surface area contributed by atoms with Gasteiger partial charge in [0.1, 0.15) is 12.3 Å². The SMILES string of the molecule is [2H]C(C=C)Oc1ccccc1COC. The number of rotatable bonds is 5. The number of para-hydroxylation sites is 1. The van der Waals surface area contributed by atoms with Crippen molar-refractivity contribution in [3.05, 3.63) is 42.5 Å². The summed E-state index contributed by atoms with van der Waals surface area (Å²) in [4.78, 5) is 0. The Labute approximate surface area is 80.2 Å². The highest BCUT2D eigenvalue weighted by Crippen LogP contribution is 2.18. The van der Waals surface area contributed by atoms with Crippen LogP contribution in [0.5, 0.6) is 5.75 Å². The normalized spacial score (nSPS) is 13.2. The second-order valence-corrected chi connectivity index (χ2v) is 2.53. The van der Waals surface area contributed by atoms with E-state index >= 15 is 0 Å². The predicted octanol–water partition coefficient (Wildman–Crippen LogP) is 2.40. The van der Waals surface area contributed by atoms with Crippen LogP contribution in [0.4, 0.5) is 0 Å². The highest BCUT2D eigenvalue weighted by atomic mass is 16.5. The van der Waals surface area contributed by atoms with Gasteiger partial charge in [-0.15, -0.1) is 0 Å². The van der Waals surface area contributed by atoms with E-state index in [0.29, 0.717) is 12.4 Å². The van der Waals surface area contributed by atoms with Gasteiger partial charge >= 0.3 is 0 Å². The van der Waals surface area contributed by atoms with Crippen molar-refractivity contribution in [1.82, 2.24) is 0 Å². The summed E-state index contributed by atoms with van der Waals surface area (Å²) in [6.45, 7) is 3.25. The zero-order chi connectivity index (χ0) is 10.4. The molecule has 1 unspecified atom stereocenters. The van der Waals surface area contributed by atoms with E-state index in [1.165, 1.54) is 6.08 Å². The van der Waals surface area contributed by atoms with Crippen LogP contribution in [-0.2, 0) is 11.3 Å². The van der Waals surface area contributed by atoms with Crippen LogP contribution in [0.25, 0.3) is 0 Å². The van der Waals surface area contributed by atoms with Crippen LogP contribution in [0, 0.1) is 0 Å². The van der Waals surface area contributed by atoms with Gasteiger partial charge in [0.2, 0.25) is 0 Å². The highest BCUT2D eigenvalue weighted by Gasteiger charge is 2.00. The number of hydrogen-bond donors (Lipinski definition) is 0. The van der Waals surface area contributed by atoms with Gasteiger partial charge in [-0.05, 0) is 6.07 Å². The molecule has 0 radical (unpaired) electrons. The largest absolute Gasteiger partial charge is 0.489 e. The molecule has 0 bridgehead atoms. The van der Waals surface area contributed by atoms with Crippen molar-refractivity contribution in [3.8, 4) is 5.75 Å². The third-order valence-corrected chi connectivity index (χ3v) is 1.56. The molecule has 1 atom stereocenters. The van der Waals surface area contributed by atoms with Crippen molar-refractivity contribution in [2.75, 3.05) is 13.7 Å². The average molecular weight is 179 g/mol. The van der Waals surface area contributed by atoms with Crippen molar-refractivity contribution in [2.24, 2.45) is 0 Å². The Morgan fingerprint density at radius 2 is 2.31 bits per heavy atom. The lowest BCUT2D eigenvalue weighted by atomic mass is 10.2. The van der Waals surface area contributed by atoms with E-state index in [4.69, 9.17) is 10.8 Å². The van der Waals surface area contributed by atoms with E-state index in [-0.39, 0.29) is 0 Å². The van der Waals surface area contributed by atoms with E-state index in [2.05, 4.69) is 6.58 Å². The van der Waals surface area contributed by atoms with E-state index in [0.717, 1.165) is 5.56 Å². The molecule has 70 valence electrons. The maximum absolute atomic E-state index is 7.41. The van der Waals surface area contributed by atoms with Crippen molar-refractivity contribution >= 4 is 0 Å². The fourth-order valence-corrected chi connectivity index (χ4v) is 1.01. The van der Waals surface area contributed by atoms with Crippen LogP contribution >= 0.6 is 0 Å². The highest BCUT2D eigenvalue weighted by molar-refractivity contribution is 5.32. The number of benzene rings is 1. The maximum Gasteiger partial charge on any atom is 0.125 e. The smallest absolute Gasteiger partial charge is 0.125 e. The molecule has 1 aromatic rings. The summed E-state index contributed by atoms with van der Waals surface area (Å²) in [5.41, 5.74) is 0.939. The molecule has 0 fully saturated rings. The summed E-state index contributed by atoms with van der Waals surface area (Å²) >= 11 is 0. The molecule has 2 nitrogen and oxygen atoms in total. The molecule has 0 aromatic heterocycles. The molecule has 0 aliphatic carbocycles. The van der Waals surface area contributed by atoms with E-state index < -0.39 is 6.58 Å². The number of hydrogen-bond acceptors (Lipinski definition) is 2. The van der Waals surface area contributed by atoms with Gasteiger partial charge in [0, 0.05) is 12.7 Å². The average Bonchev–Trinajstić information content (AvgIpc) is 2.21. The van der Waals surface area contributed by atoms with E-state index in [9.17, 15) is 0 Å². The Hall–Kier alpha value is -1.28. The lowest BCUT2D eigenvalue weighted by Gasteiger charge is -2.08. The predicted molar refractivity (Wildman–Crippen MR) is 52.8 cm³/mol. The molecule has 0 saturated carbocycles. The molecule has 0 amide bonds. The Bertz CT molecular complexity index is 299. The summed E-state index contributed by atoms with van der Waals surface area (Å²) < 4.78 is 17.7. The van der Waals surface area contributed by atoms with Crippen LogP contribution in [-0.4, -0.2) is 13.7 Å². The number of methoxy groups -OCH3 is 1. The minimum atomic E-state index is -0.729. The van der Waals surface area contributed by atoms with Gasteiger partial charge in [0.25, 0.3) is 0 Å². The van der Waals surface area contributed by atoms with Gasteiger partial charge in [-0.1, -0.05) is 30.9 Å². The molecule has 2 heteroatoms. The molecular weight excluding hydrogens is 164 g/mol. The third kappa shape index (κ3) is 2.92. The maximum atomic E-state index is 7.41. The topological polar surface area (TPSA) is 18.5 Å². The quantitative estimate of drug-likeness (QED) is 0.646. The Balaban J connectivity index is 2.78. The summed E-state index contributed by atoms with van der Waals surface area (Å²) in [5.74, 6) is 0.675. The summed E-state index contributed by atoms with van der Waals surface area (Å²) in [7, 11) is 1.63. The summed E-state index contributed by atoms with van der Waals surface area (Å²) in [6, 6.07) is 7.51. The zero-order valence-corrected chi connectivity index (χ0v) is 7.69. The first-order valence-electron chi connectivity index (χ1n) is 4.64. The van der Waals surface area contributed by atoms with Gasteiger partial charge in [0.05, 0.1) is 7.98 Å². The van der Waals surface area contributed by atoms with Crippen LogP contribution < -0.4 is 4.74 Å². The Kier molecular flexibility index (Phi) is 3.45. The van der Waals surface area contributed by atoms with Crippen LogP contribution in [0.1, 0.15) is 6.93 Å². The van der Waals surface area contributed by atoms with Crippen molar-refractivity contribution in [2.45, 2.75) is 6.61 Å². The fourth-order valence-electron chi connectivity index (χ4n) is 1.01. The lowest BCUT2D eigenvalue weighted by Crippen LogP contribution is -1.97. The van der Waals surface area contributed by atoms with E-state index in [1.807, 2.05) is 24.3 Å². The molecule has 0 spiro atoms. The molecule has 0 saturated heterocycles. The standard InChI is InChI=1S/C11H14O2/c1-3-8-13-11-7-5-4-6-10(11)9-12-2/h3-7H,1,8-9H2,2H3/i8D. The van der Waals surface area contributed by atoms with Gasteiger partial charge < -0.3 is 9.47 Å². The van der Waals surface area contributed by atoms with Crippen LogP contribution in [0.3, 0.4) is 0 Å². The van der Waals surface area contributed by atoms with Crippen molar-refractivity contribution < 1.29 is 10.8 Å².